The fourth-order valence-corrected chi connectivity index (χ4v) is 1.91. The summed E-state index contributed by atoms with van der Waals surface area (Å²) in [4.78, 5) is 0.0155. The predicted octanol–water partition coefficient (Wildman–Crippen LogP) is 1.24. The fraction of sp³-hybridized carbons (Fsp3) is 0.400. The number of hydrogen-bond donors (Lipinski definition) is 2. The number of alkyl halides is 1. The Kier molecular flexibility index (Phi) is 4.73. The van der Waals surface area contributed by atoms with Crippen LogP contribution in [0.2, 0.25) is 0 Å². The van der Waals surface area contributed by atoms with E-state index >= 15 is 0 Å². The van der Waals surface area contributed by atoms with Gasteiger partial charge in [-0.3, -0.25) is 0 Å². The molecule has 0 aliphatic carbocycles. The molecule has 0 radical (unpaired) electrons. The largest absolute Gasteiger partial charge is 0.390 e. The highest BCUT2D eigenvalue weighted by atomic mass is 35.5. The first-order chi connectivity index (χ1) is 7.84. The van der Waals surface area contributed by atoms with E-state index in [1.54, 1.807) is 0 Å². The summed E-state index contributed by atoms with van der Waals surface area (Å²) in [6.45, 7) is 0.0492. The molecule has 0 saturated carbocycles. The molecule has 0 fully saturated rings. The highest BCUT2D eigenvalue weighted by Crippen LogP contribution is 2.19. The Bertz CT molecular complexity index is 492. The van der Waals surface area contributed by atoms with E-state index in [-0.39, 0.29) is 23.0 Å². The van der Waals surface area contributed by atoms with Crippen molar-refractivity contribution in [3.63, 3.8) is 0 Å². The lowest BCUT2D eigenvalue weighted by Gasteiger charge is -2.11. The van der Waals surface area contributed by atoms with Crippen molar-refractivity contribution in [3.8, 4) is 0 Å². The molecule has 1 unspecified atom stereocenters. The van der Waals surface area contributed by atoms with E-state index in [4.69, 9.17) is 11.6 Å². The van der Waals surface area contributed by atoms with Crippen LogP contribution in [0.1, 0.15) is 0 Å². The van der Waals surface area contributed by atoms with Gasteiger partial charge in [0.05, 0.1) is 22.6 Å². The van der Waals surface area contributed by atoms with Crippen LogP contribution in [0.3, 0.4) is 0 Å². The first-order valence-corrected chi connectivity index (χ1v) is 7.24. The maximum Gasteiger partial charge on any atom is 0.175 e. The van der Waals surface area contributed by atoms with Gasteiger partial charge in [-0.05, 0) is 18.2 Å². The molecule has 7 heteroatoms. The molecular weight excluding hydrogens is 269 g/mol. The number of halogens is 2. The maximum absolute atomic E-state index is 13.3. The summed E-state index contributed by atoms with van der Waals surface area (Å²) in [5.41, 5.74) is 0.0251. The van der Waals surface area contributed by atoms with Crippen LogP contribution in [-0.4, -0.2) is 38.3 Å². The number of sulfone groups is 1. The number of rotatable bonds is 5. The summed E-state index contributed by atoms with van der Waals surface area (Å²) in [7, 11) is -3.38. The van der Waals surface area contributed by atoms with Crippen molar-refractivity contribution in [1.82, 2.24) is 0 Å². The predicted molar refractivity (Wildman–Crippen MR) is 64.7 cm³/mol. The standard InChI is InChI=1S/C10H13ClFNO3S/c1-17(15,16)8-2-3-9(12)10(4-8)13-6-7(14)5-11/h2-4,7,13-14H,5-6H2,1H3. The Labute approximate surface area is 104 Å². The summed E-state index contributed by atoms with van der Waals surface area (Å²) >= 11 is 5.38. The minimum atomic E-state index is -3.38. The number of aliphatic hydroxyl groups is 1. The van der Waals surface area contributed by atoms with E-state index < -0.39 is 21.8 Å². The van der Waals surface area contributed by atoms with Gasteiger partial charge in [-0.15, -0.1) is 11.6 Å². The molecule has 0 aliphatic rings. The quantitative estimate of drug-likeness (QED) is 0.629. The highest BCUT2D eigenvalue weighted by Gasteiger charge is 2.11. The number of benzene rings is 1. The van der Waals surface area contributed by atoms with Crippen LogP contribution >= 0.6 is 11.6 Å². The number of nitrogens with one attached hydrogen (secondary N) is 1. The molecule has 1 atom stereocenters. The Morgan fingerprint density at radius 1 is 1.53 bits per heavy atom. The number of anilines is 1. The lowest BCUT2D eigenvalue weighted by Crippen LogP contribution is -2.21. The van der Waals surface area contributed by atoms with Gasteiger partial charge < -0.3 is 10.4 Å². The molecule has 2 N–H and O–H groups in total. The Balaban J connectivity index is 2.92. The van der Waals surface area contributed by atoms with E-state index in [9.17, 15) is 17.9 Å². The lowest BCUT2D eigenvalue weighted by molar-refractivity contribution is 0.211. The van der Waals surface area contributed by atoms with Gasteiger partial charge in [0, 0.05) is 12.8 Å². The molecule has 1 aromatic carbocycles. The van der Waals surface area contributed by atoms with Gasteiger partial charge in [-0.1, -0.05) is 0 Å². The molecule has 0 spiro atoms. The van der Waals surface area contributed by atoms with Crippen molar-refractivity contribution in [2.24, 2.45) is 0 Å². The van der Waals surface area contributed by atoms with Gasteiger partial charge >= 0.3 is 0 Å². The van der Waals surface area contributed by atoms with Crippen LogP contribution in [0.15, 0.2) is 23.1 Å². The van der Waals surface area contributed by atoms with Crippen LogP contribution in [0.5, 0.6) is 0 Å². The monoisotopic (exact) mass is 281 g/mol. The smallest absolute Gasteiger partial charge is 0.175 e. The molecule has 0 aromatic heterocycles. The SMILES string of the molecule is CS(=O)(=O)c1ccc(F)c(NCC(O)CCl)c1. The third-order valence-corrected chi connectivity index (χ3v) is 3.54. The molecule has 96 valence electrons. The molecule has 17 heavy (non-hydrogen) atoms. The van der Waals surface area contributed by atoms with Gasteiger partial charge in [0.1, 0.15) is 5.82 Å². The average Bonchev–Trinajstić information content (AvgIpc) is 2.26. The summed E-state index contributed by atoms with van der Waals surface area (Å²) in [5.74, 6) is -0.570. The minimum Gasteiger partial charge on any atom is -0.390 e. The second-order valence-corrected chi connectivity index (χ2v) is 5.93. The zero-order chi connectivity index (χ0) is 13.1. The van der Waals surface area contributed by atoms with Crippen LogP contribution in [-0.2, 0) is 9.84 Å². The second kappa shape index (κ2) is 5.66. The summed E-state index contributed by atoms with van der Waals surface area (Å²) in [6.07, 6.45) is 0.218. The van der Waals surface area contributed by atoms with Crippen molar-refractivity contribution in [3.05, 3.63) is 24.0 Å². The number of hydrogen-bond acceptors (Lipinski definition) is 4. The maximum atomic E-state index is 13.3. The minimum absolute atomic E-state index is 0.0143. The van der Waals surface area contributed by atoms with Crippen LogP contribution in [0.25, 0.3) is 0 Å². The van der Waals surface area contributed by atoms with Crippen LogP contribution in [0, 0.1) is 5.82 Å². The van der Waals surface area contributed by atoms with Crippen LogP contribution < -0.4 is 5.32 Å². The molecule has 0 aliphatic heterocycles. The molecule has 1 rings (SSSR count). The van der Waals surface area contributed by atoms with Gasteiger partial charge in [-0.2, -0.15) is 0 Å². The molecule has 0 bridgehead atoms. The first kappa shape index (κ1) is 14.2. The fourth-order valence-electron chi connectivity index (χ4n) is 1.15. The van der Waals surface area contributed by atoms with Crippen molar-refractivity contribution in [2.45, 2.75) is 11.0 Å². The molecular formula is C10H13ClFNO3S. The van der Waals surface area contributed by atoms with E-state index in [0.717, 1.165) is 12.3 Å². The third-order valence-electron chi connectivity index (χ3n) is 2.07. The molecule has 0 heterocycles. The van der Waals surface area contributed by atoms with Crippen molar-refractivity contribution in [1.29, 1.82) is 0 Å². The average molecular weight is 282 g/mol. The highest BCUT2D eigenvalue weighted by molar-refractivity contribution is 7.90. The van der Waals surface area contributed by atoms with Crippen molar-refractivity contribution < 1.29 is 17.9 Å². The lowest BCUT2D eigenvalue weighted by atomic mass is 10.3. The second-order valence-electron chi connectivity index (χ2n) is 3.60. The van der Waals surface area contributed by atoms with Crippen molar-refractivity contribution >= 4 is 27.1 Å². The number of aliphatic hydroxyl groups excluding tert-OH is 1. The van der Waals surface area contributed by atoms with Gasteiger partial charge in [0.2, 0.25) is 0 Å². The molecule has 4 nitrogen and oxygen atoms in total. The third kappa shape index (κ3) is 4.14. The summed E-state index contributed by atoms with van der Waals surface area (Å²) in [5, 5.41) is 11.8. The Morgan fingerprint density at radius 2 is 2.18 bits per heavy atom. The molecule has 1 aromatic rings. The molecule has 0 amide bonds. The van der Waals surface area contributed by atoms with Gasteiger partial charge in [0.15, 0.2) is 9.84 Å². The van der Waals surface area contributed by atoms with Crippen LogP contribution in [0.4, 0.5) is 10.1 Å². The van der Waals surface area contributed by atoms with Gasteiger partial charge in [-0.25, -0.2) is 12.8 Å². The Morgan fingerprint density at radius 3 is 2.71 bits per heavy atom. The zero-order valence-electron chi connectivity index (χ0n) is 9.15. The zero-order valence-corrected chi connectivity index (χ0v) is 10.7. The normalized spacial score (nSPS) is 13.4. The molecule has 0 saturated heterocycles. The topological polar surface area (TPSA) is 66.4 Å². The van der Waals surface area contributed by atoms with E-state index in [0.29, 0.717) is 0 Å². The van der Waals surface area contributed by atoms with E-state index in [1.165, 1.54) is 12.1 Å². The summed E-state index contributed by atoms with van der Waals surface area (Å²) < 4.78 is 35.9. The Hall–Kier alpha value is -0.850. The summed E-state index contributed by atoms with van der Waals surface area (Å²) in [6, 6.07) is 3.44. The van der Waals surface area contributed by atoms with E-state index in [2.05, 4.69) is 5.32 Å². The van der Waals surface area contributed by atoms with Crippen molar-refractivity contribution in [2.75, 3.05) is 24.0 Å². The first-order valence-electron chi connectivity index (χ1n) is 4.82. The van der Waals surface area contributed by atoms with Gasteiger partial charge in [0.25, 0.3) is 0 Å². The van der Waals surface area contributed by atoms with E-state index in [1.807, 2.05) is 0 Å².